The fourth-order valence-electron chi connectivity index (χ4n) is 2.57. The molecule has 1 amide bonds. The molecular weight excluding hydrogens is 290 g/mol. The van der Waals surface area contributed by atoms with Gasteiger partial charge in [-0.2, -0.15) is 0 Å². The maximum absolute atomic E-state index is 12.3. The van der Waals surface area contributed by atoms with Crippen LogP contribution in [0.25, 0.3) is 0 Å². The van der Waals surface area contributed by atoms with Crippen LogP contribution >= 0.6 is 22.9 Å². The van der Waals surface area contributed by atoms with E-state index >= 15 is 0 Å². The Bertz CT molecular complexity index is 587. The first-order chi connectivity index (χ1) is 9.78. The molecule has 104 valence electrons. The number of nitrogens with one attached hydrogen (secondary N) is 1. The van der Waals surface area contributed by atoms with Crippen LogP contribution in [0.1, 0.15) is 38.1 Å². The van der Waals surface area contributed by atoms with Gasteiger partial charge in [-0.05, 0) is 36.5 Å². The predicted octanol–water partition coefficient (Wildman–Crippen LogP) is 3.95. The maximum atomic E-state index is 12.3. The Hall–Kier alpha value is -1.32. The number of halogens is 1. The second-order valence-corrected chi connectivity index (χ2v) is 6.45. The lowest BCUT2D eigenvalue weighted by Gasteiger charge is -2.15. The molecule has 1 heterocycles. The van der Waals surface area contributed by atoms with Crippen molar-refractivity contribution in [2.75, 3.05) is 5.88 Å². The van der Waals surface area contributed by atoms with Gasteiger partial charge in [-0.3, -0.25) is 4.79 Å². The molecule has 1 aromatic carbocycles. The molecule has 1 N–H and O–H groups in total. The van der Waals surface area contributed by atoms with Crippen LogP contribution in [0.4, 0.5) is 0 Å². The number of amides is 1. The van der Waals surface area contributed by atoms with Crippen molar-refractivity contribution < 1.29 is 4.79 Å². The summed E-state index contributed by atoms with van der Waals surface area (Å²) in [6, 6.07) is 11.8. The number of carbonyl (C=O) groups is 1. The zero-order chi connectivity index (χ0) is 13.9. The fraction of sp³-hybridized carbons (Fsp3) is 0.312. The zero-order valence-corrected chi connectivity index (χ0v) is 12.6. The Labute approximate surface area is 127 Å². The van der Waals surface area contributed by atoms with Crippen LogP contribution in [0.2, 0.25) is 0 Å². The summed E-state index contributed by atoms with van der Waals surface area (Å²) >= 11 is 7.62. The van der Waals surface area contributed by atoms with Gasteiger partial charge in [0.2, 0.25) is 0 Å². The molecule has 1 atom stereocenters. The maximum Gasteiger partial charge on any atom is 0.261 e. The van der Waals surface area contributed by atoms with Crippen LogP contribution in [-0.2, 0) is 12.8 Å². The van der Waals surface area contributed by atoms with Gasteiger partial charge in [0, 0.05) is 10.8 Å². The molecular formula is C16H16ClNOS. The average Bonchev–Trinajstić information content (AvgIpc) is 3.06. The zero-order valence-electron chi connectivity index (χ0n) is 11.1. The molecule has 1 unspecified atom stereocenters. The molecule has 0 fully saturated rings. The van der Waals surface area contributed by atoms with Crippen molar-refractivity contribution in [3.8, 4) is 0 Å². The number of hydrogen-bond donors (Lipinski definition) is 1. The van der Waals surface area contributed by atoms with E-state index in [1.165, 1.54) is 16.9 Å². The van der Waals surface area contributed by atoms with Gasteiger partial charge in [-0.15, -0.1) is 22.9 Å². The third-order valence-electron chi connectivity index (χ3n) is 3.63. The van der Waals surface area contributed by atoms with Crippen molar-refractivity contribution in [1.29, 1.82) is 0 Å². The summed E-state index contributed by atoms with van der Waals surface area (Å²) in [5.41, 5.74) is 2.39. The number of aryl methyl sites for hydroxylation is 2. The van der Waals surface area contributed by atoms with Gasteiger partial charge in [0.15, 0.2) is 0 Å². The Morgan fingerprint density at radius 3 is 2.80 bits per heavy atom. The van der Waals surface area contributed by atoms with E-state index < -0.39 is 0 Å². The Morgan fingerprint density at radius 1 is 1.30 bits per heavy atom. The standard InChI is InChI=1S/C16H16ClNOS/c17-10-13(11-5-2-1-3-6-11)18-16(19)15-9-12-7-4-8-14(12)20-15/h1-3,5-6,9,13H,4,7-8,10H2,(H,18,19). The second-order valence-electron chi connectivity index (χ2n) is 5.00. The number of thiophene rings is 1. The minimum absolute atomic E-state index is 0.0149. The largest absolute Gasteiger partial charge is 0.343 e. The van der Waals surface area contributed by atoms with Crippen molar-refractivity contribution in [2.24, 2.45) is 0 Å². The van der Waals surface area contributed by atoms with E-state index in [0.717, 1.165) is 23.3 Å². The highest BCUT2D eigenvalue weighted by atomic mass is 35.5. The summed E-state index contributed by atoms with van der Waals surface area (Å²) < 4.78 is 0. The van der Waals surface area contributed by atoms with E-state index in [1.54, 1.807) is 11.3 Å². The summed E-state index contributed by atoms with van der Waals surface area (Å²) in [7, 11) is 0. The van der Waals surface area contributed by atoms with Gasteiger partial charge in [0.1, 0.15) is 0 Å². The molecule has 0 bridgehead atoms. The second kappa shape index (κ2) is 5.98. The van der Waals surface area contributed by atoms with Crippen LogP contribution in [0, 0.1) is 0 Å². The molecule has 0 radical (unpaired) electrons. The van der Waals surface area contributed by atoms with Gasteiger partial charge in [0.25, 0.3) is 5.91 Å². The lowest BCUT2D eigenvalue weighted by Crippen LogP contribution is -2.29. The molecule has 0 saturated heterocycles. The Balaban J connectivity index is 1.74. The summed E-state index contributed by atoms with van der Waals surface area (Å²) in [5.74, 6) is 0.361. The quantitative estimate of drug-likeness (QED) is 0.852. The first-order valence-electron chi connectivity index (χ1n) is 6.81. The summed E-state index contributed by atoms with van der Waals surface area (Å²) in [5, 5.41) is 3.03. The molecule has 20 heavy (non-hydrogen) atoms. The lowest BCUT2D eigenvalue weighted by molar-refractivity contribution is 0.0944. The SMILES string of the molecule is O=C(NC(CCl)c1ccccc1)c1cc2c(s1)CCC2. The monoisotopic (exact) mass is 305 g/mol. The third kappa shape index (κ3) is 2.74. The highest BCUT2D eigenvalue weighted by Crippen LogP contribution is 2.30. The van der Waals surface area contributed by atoms with Gasteiger partial charge in [-0.25, -0.2) is 0 Å². The summed E-state index contributed by atoms with van der Waals surface area (Å²) in [4.78, 5) is 14.5. The van der Waals surface area contributed by atoms with Crippen LogP contribution in [0.5, 0.6) is 0 Å². The normalized spacial score (nSPS) is 14.8. The molecule has 1 aliphatic carbocycles. The van der Waals surface area contributed by atoms with E-state index in [9.17, 15) is 4.79 Å². The predicted molar refractivity (Wildman–Crippen MR) is 83.7 cm³/mol. The number of hydrogen-bond acceptors (Lipinski definition) is 2. The van der Waals surface area contributed by atoms with E-state index in [0.29, 0.717) is 5.88 Å². The van der Waals surface area contributed by atoms with Crippen molar-refractivity contribution in [1.82, 2.24) is 5.32 Å². The number of benzene rings is 1. The molecule has 0 spiro atoms. The molecule has 0 saturated carbocycles. The third-order valence-corrected chi connectivity index (χ3v) is 5.18. The summed E-state index contributed by atoms with van der Waals surface area (Å²) in [6.07, 6.45) is 3.44. The molecule has 2 nitrogen and oxygen atoms in total. The van der Waals surface area contributed by atoms with Crippen LogP contribution < -0.4 is 5.32 Å². The minimum atomic E-state index is -0.137. The molecule has 1 aliphatic rings. The molecule has 1 aromatic heterocycles. The van der Waals surface area contributed by atoms with Crippen molar-refractivity contribution >= 4 is 28.8 Å². The number of carbonyl (C=O) groups excluding carboxylic acids is 1. The lowest BCUT2D eigenvalue weighted by atomic mass is 10.1. The van der Waals surface area contributed by atoms with Crippen LogP contribution in [0.15, 0.2) is 36.4 Å². The summed E-state index contributed by atoms with van der Waals surface area (Å²) in [6.45, 7) is 0. The molecule has 2 aromatic rings. The smallest absolute Gasteiger partial charge is 0.261 e. The average molecular weight is 306 g/mol. The number of alkyl halides is 1. The van der Waals surface area contributed by atoms with Crippen LogP contribution in [-0.4, -0.2) is 11.8 Å². The van der Waals surface area contributed by atoms with Crippen molar-refractivity contribution in [2.45, 2.75) is 25.3 Å². The van der Waals surface area contributed by atoms with E-state index in [2.05, 4.69) is 5.32 Å². The van der Waals surface area contributed by atoms with Gasteiger partial charge in [0.05, 0.1) is 10.9 Å². The first-order valence-corrected chi connectivity index (χ1v) is 8.16. The van der Waals surface area contributed by atoms with Gasteiger partial charge < -0.3 is 5.32 Å². The van der Waals surface area contributed by atoms with Crippen molar-refractivity contribution in [3.05, 3.63) is 57.3 Å². The highest BCUT2D eigenvalue weighted by molar-refractivity contribution is 7.14. The number of fused-ring (bicyclic) bond motifs is 1. The van der Waals surface area contributed by atoms with Gasteiger partial charge in [-0.1, -0.05) is 30.3 Å². The molecule has 4 heteroatoms. The minimum Gasteiger partial charge on any atom is -0.343 e. The van der Waals surface area contributed by atoms with Gasteiger partial charge >= 0.3 is 0 Å². The molecule has 3 rings (SSSR count). The molecule has 0 aliphatic heterocycles. The Kier molecular flexibility index (Phi) is 4.08. The first kappa shape index (κ1) is 13.7. The topological polar surface area (TPSA) is 29.1 Å². The van der Waals surface area contributed by atoms with E-state index in [-0.39, 0.29) is 11.9 Å². The van der Waals surface area contributed by atoms with Crippen LogP contribution in [0.3, 0.4) is 0 Å². The fourth-order valence-corrected chi connectivity index (χ4v) is 3.98. The van der Waals surface area contributed by atoms with Crippen molar-refractivity contribution in [3.63, 3.8) is 0 Å². The highest BCUT2D eigenvalue weighted by Gasteiger charge is 2.20. The Morgan fingerprint density at radius 2 is 2.10 bits per heavy atom. The number of rotatable bonds is 4. The van der Waals surface area contributed by atoms with E-state index in [4.69, 9.17) is 11.6 Å². The van der Waals surface area contributed by atoms with E-state index in [1.807, 2.05) is 36.4 Å².